The third-order valence-electron chi connectivity index (χ3n) is 4.10. The SMILES string of the molecule is CC(C)c1ccc(OC(C)(Cc2ccc(Cl)cc2)C(=O)NS(C)(=O)=O)cc1. The fourth-order valence-corrected chi connectivity index (χ4v) is 3.29. The van der Waals surface area contributed by atoms with Gasteiger partial charge in [0.1, 0.15) is 5.75 Å². The van der Waals surface area contributed by atoms with Gasteiger partial charge in [0.15, 0.2) is 5.60 Å². The molecular weight excluding hydrogens is 386 g/mol. The molecule has 2 aromatic carbocycles. The normalized spacial score (nSPS) is 13.9. The summed E-state index contributed by atoms with van der Waals surface area (Å²) in [5.41, 5.74) is 0.516. The minimum absolute atomic E-state index is 0.178. The first-order chi connectivity index (χ1) is 12.5. The van der Waals surface area contributed by atoms with Gasteiger partial charge in [-0.05, 0) is 48.2 Å². The van der Waals surface area contributed by atoms with Crippen LogP contribution in [0.5, 0.6) is 5.75 Å². The van der Waals surface area contributed by atoms with Gasteiger partial charge in [-0.25, -0.2) is 13.1 Å². The highest BCUT2D eigenvalue weighted by atomic mass is 35.5. The Kier molecular flexibility index (Phi) is 6.54. The van der Waals surface area contributed by atoms with Gasteiger partial charge in [0, 0.05) is 11.4 Å². The Hall–Kier alpha value is -2.05. The highest BCUT2D eigenvalue weighted by molar-refractivity contribution is 7.89. The number of sulfonamides is 1. The van der Waals surface area contributed by atoms with E-state index in [0.29, 0.717) is 16.7 Å². The number of carbonyl (C=O) groups is 1. The number of hydrogen-bond donors (Lipinski definition) is 1. The molecule has 0 bridgehead atoms. The van der Waals surface area contributed by atoms with Crippen molar-refractivity contribution in [2.24, 2.45) is 0 Å². The van der Waals surface area contributed by atoms with Gasteiger partial charge in [0.2, 0.25) is 10.0 Å². The highest BCUT2D eigenvalue weighted by Gasteiger charge is 2.37. The zero-order valence-corrected chi connectivity index (χ0v) is 17.4. The number of hydrogen-bond acceptors (Lipinski definition) is 4. The molecule has 27 heavy (non-hydrogen) atoms. The number of benzene rings is 2. The number of amides is 1. The third-order valence-corrected chi connectivity index (χ3v) is 4.91. The quantitative estimate of drug-likeness (QED) is 0.752. The third kappa shape index (κ3) is 6.26. The van der Waals surface area contributed by atoms with Gasteiger partial charge in [0.25, 0.3) is 5.91 Å². The Morgan fingerprint density at radius 2 is 1.67 bits per heavy atom. The zero-order valence-electron chi connectivity index (χ0n) is 15.8. The highest BCUT2D eigenvalue weighted by Crippen LogP contribution is 2.26. The van der Waals surface area contributed by atoms with E-state index >= 15 is 0 Å². The lowest BCUT2D eigenvalue weighted by Crippen LogP contribution is -2.52. The molecule has 0 saturated carbocycles. The van der Waals surface area contributed by atoms with Crippen molar-refractivity contribution in [1.29, 1.82) is 0 Å². The van der Waals surface area contributed by atoms with Crippen LogP contribution in [0.1, 0.15) is 37.8 Å². The van der Waals surface area contributed by atoms with E-state index in [-0.39, 0.29) is 6.42 Å². The summed E-state index contributed by atoms with van der Waals surface area (Å²) in [4.78, 5) is 12.7. The summed E-state index contributed by atoms with van der Waals surface area (Å²) < 4.78 is 31.1. The van der Waals surface area contributed by atoms with Crippen molar-refractivity contribution < 1.29 is 17.9 Å². The smallest absolute Gasteiger partial charge is 0.277 e. The molecular formula is C20H24ClNO4S. The van der Waals surface area contributed by atoms with Crippen molar-refractivity contribution in [3.8, 4) is 5.75 Å². The summed E-state index contributed by atoms with van der Waals surface area (Å²) in [5.74, 6) is 0.125. The van der Waals surface area contributed by atoms with Crippen LogP contribution in [0.15, 0.2) is 48.5 Å². The number of carbonyl (C=O) groups excluding carboxylic acids is 1. The molecule has 1 atom stereocenters. The molecule has 0 fully saturated rings. The van der Waals surface area contributed by atoms with Crippen LogP contribution in [0.3, 0.4) is 0 Å². The van der Waals surface area contributed by atoms with E-state index in [2.05, 4.69) is 13.8 Å². The van der Waals surface area contributed by atoms with Crippen molar-refractivity contribution in [2.75, 3.05) is 6.26 Å². The minimum atomic E-state index is -3.72. The second kappa shape index (κ2) is 8.31. The molecule has 0 aromatic heterocycles. The average molecular weight is 410 g/mol. The molecule has 0 aliphatic heterocycles. The van der Waals surface area contributed by atoms with Crippen molar-refractivity contribution in [3.05, 3.63) is 64.7 Å². The summed E-state index contributed by atoms with van der Waals surface area (Å²) in [6.07, 6.45) is 1.11. The molecule has 0 aliphatic rings. The van der Waals surface area contributed by atoms with Crippen molar-refractivity contribution in [1.82, 2.24) is 4.72 Å². The van der Waals surface area contributed by atoms with Crippen molar-refractivity contribution >= 4 is 27.5 Å². The Bertz CT molecular complexity index is 893. The molecule has 146 valence electrons. The maximum atomic E-state index is 12.7. The molecule has 1 unspecified atom stereocenters. The van der Waals surface area contributed by atoms with E-state index < -0.39 is 21.5 Å². The monoisotopic (exact) mass is 409 g/mol. The van der Waals surface area contributed by atoms with Crippen LogP contribution in [0.25, 0.3) is 0 Å². The Balaban J connectivity index is 2.32. The van der Waals surface area contributed by atoms with Crippen molar-refractivity contribution in [2.45, 2.75) is 38.7 Å². The summed E-state index contributed by atoms with van der Waals surface area (Å²) in [6.45, 7) is 5.73. The molecule has 0 spiro atoms. The van der Waals surface area contributed by atoms with Gasteiger partial charge in [-0.3, -0.25) is 4.79 Å². The van der Waals surface area contributed by atoms with Gasteiger partial charge in [-0.1, -0.05) is 49.7 Å². The minimum Gasteiger partial charge on any atom is -0.477 e. The summed E-state index contributed by atoms with van der Waals surface area (Å²) >= 11 is 5.91. The molecule has 5 nitrogen and oxygen atoms in total. The van der Waals surface area contributed by atoms with Gasteiger partial charge in [-0.15, -0.1) is 0 Å². The lowest BCUT2D eigenvalue weighted by Gasteiger charge is -2.29. The molecule has 2 rings (SSSR count). The largest absolute Gasteiger partial charge is 0.477 e. The number of ether oxygens (including phenoxy) is 1. The second-order valence-electron chi connectivity index (χ2n) is 7.06. The van der Waals surface area contributed by atoms with Crippen molar-refractivity contribution in [3.63, 3.8) is 0 Å². The molecule has 1 N–H and O–H groups in total. The fourth-order valence-electron chi connectivity index (χ4n) is 2.61. The summed E-state index contributed by atoms with van der Waals surface area (Å²) in [6, 6.07) is 14.4. The van der Waals surface area contributed by atoms with E-state index in [1.54, 1.807) is 43.3 Å². The fraction of sp³-hybridized carbons (Fsp3) is 0.350. The van der Waals surface area contributed by atoms with E-state index in [4.69, 9.17) is 16.3 Å². The molecule has 1 amide bonds. The van der Waals surface area contributed by atoms with Crippen LogP contribution in [-0.2, 0) is 21.2 Å². The Labute approximate surface area is 165 Å². The topological polar surface area (TPSA) is 72.5 Å². The van der Waals surface area contributed by atoms with Gasteiger partial charge >= 0.3 is 0 Å². The second-order valence-corrected chi connectivity index (χ2v) is 9.25. The number of nitrogens with one attached hydrogen (secondary N) is 1. The van der Waals surface area contributed by atoms with Crippen LogP contribution < -0.4 is 9.46 Å². The van der Waals surface area contributed by atoms with E-state index in [1.165, 1.54) is 0 Å². The lowest BCUT2D eigenvalue weighted by molar-refractivity contribution is -0.133. The van der Waals surface area contributed by atoms with E-state index in [0.717, 1.165) is 17.4 Å². The number of rotatable bonds is 7. The van der Waals surface area contributed by atoms with E-state index in [9.17, 15) is 13.2 Å². The van der Waals surface area contributed by atoms with Crippen LogP contribution in [0.4, 0.5) is 0 Å². The van der Waals surface area contributed by atoms with Gasteiger partial charge in [0.05, 0.1) is 6.26 Å². The molecule has 2 aromatic rings. The van der Waals surface area contributed by atoms with Crippen LogP contribution in [0.2, 0.25) is 5.02 Å². The Morgan fingerprint density at radius 1 is 1.11 bits per heavy atom. The lowest BCUT2D eigenvalue weighted by atomic mass is 9.95. The van der Waals surface area contributed by atoms with Gasteiger partial charge in [-0.2, -0.15) is 0 Å². The predicted molar refractivity (Wildman–Crippen MR) is 108 cm³/mol. The molecule has 7 heteroatoms. The van der Waals surface area contributed by atoms with Gasteiger partial charge < -0.3 is 4.74 Å². The molecule has 0 radical (unpaired) electrons. The molecule has 0 saturated heterocycles. The number of halogens is 1. The van der Waals surface area contributed by atoms with Crippen LogP contribution >= 0.6 is 11.6 Å². The average Bonchev–Trinajstić information content (AvgIpc) is 2.56. The summed E-state index contributed by atoms with van der Waals surface area (Å²) in [7, 11) is -3.72. The maximum absolute atomic E-state index is 12.7. The predicted octanol–water partition coefficient (Wildman–Crippen LogP) is 3.92. The van der Waals surface area contributed by atoms with Crippen LogP contribution in [0, 0.1) is 0 Å². The summed E-state index contributed by atoms with van der Waals surface area (Å²) in [5, 5.41) is 0.575. The first-order valence-corrected chi connectivity index (χ1v) is 10.8. The Morgan fingerprint density at radius 3 is 2.15 bits per heavy atom. The standard InChI is InChI=1S/C20H24ClNO4S/c1-14(2)16-7-11-18(12-8-16)26-20(3,19(23)22-27(4,24)25)13-15-5-9-17(21)10-6-15/h5-12,14H,13H2,1-4H3,(H,22,23). The zero-order chi connectivity index (χ0) is 20.2. The first kappa shape index (κ1) is 21.3. The first-order valence-electron chi connectivity index (χ1n) is 8.54. The van der Waals surface area contributed by atoms with Crippen LogP contribution in [-0.4, -0.2) is 26.2 Å². The molecule has 0 heterocycles. The van der Waals surface area contributed by atoms with E-state index in [1.807, 2.05) is 16.9 Å². The maximum Gasteiger partial charge on any atom is 0.277 e. The molecule has 0 aliphatic carbocycles.